The zero-order valence-electron chi connectivity index (χ0n) is 17.3. The lowest BCUT2D eigenvalue weighted by Crippen LogP contribution is -2.63. The van der Waals surface area contributed by atoms with E-state index in [2.05, 4.69) is 5.32 Å². The zero-order valence-corrected chi connectivity index (χ0v) is 19.4. The summed E-state index contributed by atoms with van der Waals surface area (Å²) in [5, 5.41) is 22.8. The summed E-state index contributed by atoms with van der Waals surface area (Å²) in [5.41, 5.74) is -1.01. The Morgan fingerprint density at radius 2 is 1.82 bits per heavy atom. The number of carbonyl (C=O) groups is 1. The molecule has 1 amide bonds. The molecule has 0 aliphatic carbocycles. The molecule has 0 saturated carbocycles. The van der Waals surface area contributed by atoms with E-state index in [4.69, 9.17) is 0 Å². The van der Waals surface area contributed by atoms with Gasteiger partial charge in [-0.25, -0.2) is 13.2 Å². The third-order valence-corrected chi connectivity index (χ3v) is 6.23. The van der Waals surface area contributed by atoms with Gasteiger partial charge in [-0.2, -0.15) is 0 Å². The van der Waals surface area contributed by atoms with Crippen molar-refractivity contribution in [1.29, 1.82) is 0 Å². The summed E-state index contributed by atoms with van der Waals surface area (Å²) < 4.78 is 43.4. The Labute approximate surface area is 202 Å². The highest BCUT2D eigenvalue weighted by Crippen LogP contribution is 2.33. The highest BCUT2D eigenvalue weighted by molar-refractivity contribution is 14.1. The molecule has 5 nitrogen and oxygen atoms in total. The van der Waals surface area contributed by atoms with Crippen LogP contribution < -0.4 is 5.32 Å². The molecule has 0 bridgehead atoms. The van der Waals surface area contributed by atoms with Gasteiger partial charge in [0.1, 0.15) is 17.2 Å². The van der Waals surface area contributed by atoms with Crippen molar-refractivity contribution in [3.63, 3.8) is 0 Å². The number of aryl methyl sites for hydroxylation is 1. The van der Waals surface area contributed by atoms with Crippen LogP contribution in [0.5, 0.6) is 5.75 Å². The van der Waals surface area contributed by atoms with Crippen molar-refractivity contribution >= 4 is 39.9 Å². The Bertz CT molecular complexity index is 1220. The molecule has 0 atom stereocenters. The van der Waals surface area contributed by atoms with Crippen LogP contribution in [-0.2, 0) is 6.42 Å². The average molecular weight is 568 g/mol. The first kappa shape index (κ1) is 23.4. The molecule has 33 heavy (non-hydrogen) atoms. The van der Waals surface area contributed by atoms with Gasteiger partial charge in [0.25, 0.3) is 5.91 Å². The molecule has 1 aliphatic heterocycles. The molecule has 1 aliphatic rings. The lowest BCUT2D eigenvalue weighted by molar-refractivity contribution is -0.0854. The summed E-state index contributed by atoms with van der Waals surface area (Å²) in [7, 11) is 0. The predicted molar refractivity (Wildman–Crippen MR) is 126 cm³/mol. The molecule has 0 radical (unpaired) electrons. The molecule has 0 unspecified atom stereocenters. The standard InChI is InChI=1S/C24H20F3IN2O3/c25-18-6-5-17(22(21(18)27)29-20-7-4-15(28)11-19(20)26)23(32)30-12-24(33,13-30)9-8-14-2-1-3-16(31)10-14/h1-7,10-11,29,31,33H,8-9,12-13H2. The minimum Gasteiger partial charge on any atom is -0.508 e. The third kappa shape index (κ3) is 5.09. The van der Waals surface area contributed by atoms with Gasteiger partial charge in [0.15, 0.2) is 11.6 Å². The number of nitrogens with one attached hydrogen (secondary N) is 1. The van der Waals surface area contributed by atoms with Crippen molar-refractivity contribution in [2.24, 2.45) is 0 Å². The van der Waals surface area contributed by atoms with E-state index in [9.17, 15) is 28.2 Å². The second-order valence-electron chi connectivity index (χ2n) is 8.09. The monoisotopic (exact) mass is 568 g/mol. The Balaban J connectivity index is 1.49. The number of likely N-dealkylation sites (tertiary alicyclic amines) is 1. The first-order chi connectivity index (χ1) is 15.6. The van der Waals surface area contributed by atoms with Gasteiger partial charge in [0, 0.05) is 3.57 Å². The topological polar surface area (TPSA) is 72.8 Å². The van der Waals surface area contributed by atoms with Crippen LogP contribution in [-0.4, -0.2) is 39.7 Å². The SMILES string of the molecule is O=C(c1ccc(F)c(F)c1Nc1ccc(I)cc1F)N1CC(O)(CCc2cccc(O)c2)C1. The lowest BCUT2D eigenvalue weighted by atomic mass is 9.87. The van der Waals surface area contributed by atoms with Crippen molar-refractivity contribution in [1.82, 2.24) is 4.90 Å². The number of β-amino-alcohol motifs (C(OH)–C–C–N with tert-alkyl or cyclic N) is 1. The molecule has 3 N–H and O–H groups in total. The molecule has 1 fully saturated rings. The summed E-state index contributed by atoms with van der Waals surface area (Å²) in [6.45, 7) is 0.0297. The van der Waals surface area contributed by atoms with Crippen LogP contribution in [0.25, 0.3) is 0 Å². The number of halogens is 4. The number of phenols is 1. The minimum atomic E-state index is -1.29. The first-order valence-corrected chi connectivity index (χ1v) is 11.2. The first-order valence-electron chi connectivity index (χ1n) is 10.1. The van der Waals surface area contributed by atoms with Crippen LogP contribution in [0.1, 0.15) is 22.3 Å². The fourth-order valence-corrected chi connectivity index (χ4v) is 4.26. The van der Waals surface area contributed by atoms with Crippen LogP contribution >= 0.6 is 22.6 Å². The van der Waals surface area contributed by atoms with Crippen LogP contribution in [0, 0.1) is 21.0 Å². The van der Waals surface area contributed by atoms with E-state index in [-0.39, 0.29) is 30.1 Å². The largest absolute Gasteiger partial charge is 0.508 e. The highest BCUT2D eigenvalue weighted by Gasteiger charge is 2.44. The highest BCUT2D eigenvalue weighted by atomic mass is 127. The van der Waals surface area contributed by atoms with Crippen LogP contribution in [0.15, 0.2) is 54.6 Å². The summed E-state index contributed by atoms with van der Waals surface area (Å²) in [6.07, 6.45) is 0.855. The van der Waals surface area contributed by atoms with Crippen molar-refractivity contribution in [2.45, 2.75) is 18.4 Å². The third-order valence-electron chi connectivity index (χ3n) is 5.56. The van der Waals surface area contributed by atoms with Crippen molar-refractivity contribution in [2.75, 3.05) is 18.4 Å². The Kier molecular flexibility index (Phi) is 6.53. The van der Waals surface area contributed by atoms with Gasteiger partial charge in [-0.15, -0.1) is 0 Å². The van der Waals surface area contributed by atoms with Crippen molar-refractivity contribution in [3.8, 4) is 5.75 Å². The Morgan fingerprint density at radius 1 is 1.06 bits per heavy atom. The lowest BCUT2D eigenvalue weighted by Gasteiger charge is -2.46. The number of rotatable bonds is 6. The molecule has 0 spiro atoms. The fraction of sp³-hybridized carbons (Fsp3) is 0.208. The van der Waals surface area contributed by atoms with Gasteiger partial charge in [-0.1, -0.05) is 12.1 Å². The average Bonchev–Trinajstić information content (AvgIpc) is 2.75. The molecule has 4 rings (SSSR count). The van der Waals surface area contributed by atoms with Gasteiger partial charge in [0.05, 0.1) is 30.0 Å². The molecule has 0 aromatic heterocycles. The van der Waals surface area contributed by atoms with E-state index >= 15 is 0 Å². The van der Waals surface area contributed by atoms with Gasteiger partial charge < -0.3 is 20.4 Å². The van der Waals surface area contributed by atoms with Gasteiger partial charge in [-0.3, -0.25) is 4.79 Å². The number of anilines is 2. The zero-order chi connectivity index (χ0) is 23.8. The van der Waals surface area contributed by atoms with Gasteiger partial charge in [-0.05, 0) is 83.5 Å². The second-order valence-corrected chi connectivity index (χ2v) is 9.33. The number of amides is 1. The molecule has 3 aromatic rings. The molecule has 3 aromatic carbocycles. The smallest absolute Gasteiger partial charge is 0.256 e. The molecule has 9 heteroatoms. The van der Waals surface area contributed by atoms with E-state index in [1.165, 1.54) is 17.0 Å². The molecular weight excluding hydrogens is 548 g/mol. The predicted octanol–water partition coefficient (Wildman–Crippen LogP) is 4.98. The van der Waals surface area contributed by atoms with E-state index < -0.39 is 34.6 Å². The van der Waals surface area contributed by atoms with Gasteiger partial charge >= 0.3 is 0 Å². The maximum atomic E-state index is 14.6. The molecule has 1 heterocycles. The summed E-state index contributed by atoms with van der Waals surface area (Å²) in [5.74, 6) is -3.61. The fourth-order valence-electron chi connectivity index (χ4n) is 3.80. The number of aliphatic hydroxyl groups is 1. The van der Waals surface area contributed by atoms with Crippen LogP contribution in [0.2, 0.25) is 0 Å². The number of hydrogen-bond donors (Lipinski definition) is 3. The van der Waals surface area contributed by atoms with Crippen molar-refractivity contribution < 1.29 is 28.2 Å². The Morgan fingerprint density at radius 3 is 2.52 bits per heavy atom. The quantitative estimate of drug-likeness (QED) is 0.367. The maximum Gasteiger partial charge on any atom is 0.256 e. The number of hydrogen-bond acceptors (Lipinski definition) is 4. The summed E-state index contributed by atoms with van der Waals surface area (Å²) >= 11 is 1.92. The maximum absolute atomic E-state index is 14.6. The van der Waals surface area contributed by atoms with Crippen molar-refractivity contribution in [3.05, 3.63) is 86.7 Å². The van der Waals surface area contributed by atoms with Crippen LogP contribution in [0.4, 0.5) is 24.5 Å². The molecule has 1 saturated heterocycles. The second kappa shape index (κ2) is 9.22. The Hall–Kier alpha value is -2.79. The van der Waals surface area contributed by atoms with E-state index in [0.717, 1.165) is 17.7 Å². The summed E-state index contributed by atoms with van der Waals surface area (Å²) in [4.78, 5) is 14.3. The summed E-state index contributed by atoms with van der Waals surface area (Å²) in [6, 6.07) is 12.9. The number of phenolic OH excluding ortho intramolecular Hbond substituents is 1. The molecular formula is C24H20F3IN2O3. The number of carbonyl (C=O) groups excluding carboxylic acids is 1. The van der Waals surface area contributed by atoms with E-state index in [0.29, 0.717) is 16.4 Å². The normalized spacial score (nSPS) is 14.6. The molecule has 172 valence electrons. The van der Waals surface area contributed by atoms with E-state index in [1.54, 1.807) is 24.3 Å². The number of benzene rings is 3. The number of nitrogens with zero attached hydrogens (tertiary/aromatic N) is 1. The van der Waals surface area contributed by atoms with E-state index in [1.807, 2.05) is 28.7 Å². The number of aromatic hydroxyl groups is 1. The van der Waals surface area contributed by atoms with Crippen LogP contribution in [0.3, 0.4) is 0 Å². The van der Waals surface area contributed by atoms with Gasteiger partial charge in [0.2, 0.25) is 0 Å². The minimum absolute atomic E-state index is 0.0149.